The molecule has 9 rings (SSSR count). The van der Waals surface area contributed by atoms with Gasteiger partial charge < -0.3 is 4.57 Å². The third-order valence-electron chi connectivity index (χ3n) is 9.05. The Labute approximate surface area is 261 Å². The van der Waals surface area contributed by atoms with E-state index >= 15 is 0 Å². The molecule has 45 heavy (non-hydrogen) atoms. The number of hydrogen-bond acceptors (Lipinski definition) is 1. The number of rotatable bonds is 4. The summed E-state index contributed by atoms with van der Waals surface area (Å²) in [5.41, 5.74) is 10.8. The van der Waals surface area contributed by atoms with E-state index in [1.54, 1.807) is 0 Å². The predicted octanol–water partition coefficient (Wildman–Crippen LogP) is 11.5. The number of nitrogens with zero attached hydrogens (tertiary/aromatic N) is 2. The van der Waals surface area contributed by atoms with Crippen molar-refractivity contribution in [3.63, 3.8) is 0 Å². The molecule has 0 aliphatic rings. The van der Waals surface area contributed by atoms with Crippen LogP contribution in [0.3, 0.4) is 0 Å². The van der Waals surface area contributed by atoms with E-state index < -0.39 is 0 Å². The highest BCUT2D eigenvalue weighted by Gasteiger charge is 2.13. The Morgan fingerprint density at radius 2 is 0.867 bits per heavy atom. The zero-order valence-corrected chi connectivity index (χ0v) is 24.6. The van der Waals surface area contributed by atoms with Gasteiger partial charge in [0.05, 0.1) is 22.9 Å². The Balaban J connectivity index is 1.04. The molecule has 0 bridgehead atoms. The minimum atomic E-state index is 1.07. The highest BCUT2D eigenvalue weighted by atomic mass is 15.0. The maximum Gasteiger partial charge on any atom is 0.0645 e. The van der Waals surface area contributed by atoms with Gasteiger partial charge in [-0.1, -0.05) is 109 Å². The van der Waals surface area contributed by atoms with Crippen LogP contribution in [0.4, 0.5) is 0 Å². The first-order valence-electron chi connectivity index (χ1n) is 15.4. The van der Waals surface area contributed by atoms with E-state index in [0.29, 0.717) is 0 Å². The van der Waals surface area contributed by atoms with E-state index in [1.807, 2.05) is 18.5 Å². The molecule has 2 heterocycles. The average Bonchev–Trinajstić information content (AvgIpc) is 3.45. The quantitative estimate of drug-likeness (QED) is 0.205. The van der Waals surface area contributed by atoms with Crippen LogP contribution in [0.25, 0.3) is 82.4 Å². The van der Waals surface area contributed by atoms with Crippen molar-refractivity contribution in [2.45, 2.75) is 0 Å². The van der Waals surface area contributed by atoms with Crippen molar-refractivity contribution in [1.29, 1.82) is 0 Å². The second kappa shape index (κ2) is 10.3. The van der Waals surface area contributed by atoms with Gasteiger partial charge in [0.2, 0.25) is 0 Å². The summed E-state index contributed by atoms with van der Waals surface area (Å²) in [5.74, 6) is 0. The van der Waals surface area contributed by atoms with Gasteiger partial charge >= 0.3 is 0 Å². The summed E-state index contributed by atoms with van der Waals surface area (Å²) >= 11 is 0. The van der Waals surface area contributed by atoms with E-state index in [9.17, 15) is 0 Å². The van der Waals surface area contributed by atoms with Crippen molar-refractivity contribution >= 4 is 43.4 Å². The summed E-state index contributed by atoms with van der Waals surface area (Å²) in [6.45, 7) is 0. The third-order valence-corrected chi connectivity index (χ3v) is 9.05. The summed E-state index contributed by atoms with van der Waals surface area (Å²) in [6, 6.07) is 57.3. The van der Waals surface area contributed by atoms with E-state index in [0.717, 1.165) is 5.69 Å². The Morgan fingerprint density at radius 3 is 1.56 bits per heavy atom. The van der Waals surface area contributed by atoms with E-state index in [2.05, 4.69) is 161 Å². The van der Waals surface area contributed by atoms with Gasteiger partial charge in [0.1, 0.15) is 0 Å². The zero-order valence-electron chi connectivity index (χ0n) is 24.6. The van der Waals surface area contributed by atoms with Crippen LogP contribution in [-0.2, 0) is 0 Å². The smallest absolute Gasteiger partial charge is 0.0645 e. The fraction of sp³-hybridized carbons (Fsp3) is 0. The maximum atomic E-state index is 4.37. The molecule has 2 nitrogen and oxygen atoms in total. The van der Waals surface area contributed by atoms with Gasteiger partial charge in [0.15, 0.2) is 0 Å². The second-order valence-corrected chi connectivity index (χ2v) is 11.7. The van der Waals surface area contributed by atoms with Crippen molar-refractivity contribution in [3.05, 3.63) is 170 Å². The molecule has 0 unspecified atom stereocenters. The summed E-state index contributed by atoms with van der Waals surface area (Å²) in [6.07, 6.45) is 3.75. The van der Waals surface area contributed by atoms with Crippen LogP contribution in [0.2, 0.25) is 0 Å². The number of aromatic nitrogens is 2. The van der Waals surface area contributed by atoms with Gasteiger partial charge in [-0.25, -0.2) is 0 Å². The summed E-state index contributed by atoms with van der Waals surface area (Å²) in [7, 11) is 0. The molecule has 0 atom stereocenters. The zero-order chi connectivity index (χ0) is 29.7. The summed E-state index contributed by atoms with van der Waals surface area (Å²) < 4.78 is 2.30. The molecular formula is C43H28N2. The van der Waals surface area contributed by atoms with Gasteiger partial charge in [-0.3, -0.25) is 4.98 Å². The average molecular weight is 573 g/mol. The highest BCUT2D eigenvalue weighted by Crippen LogP contribution is 2.36. The molecule has 0 fully saturated rings. The molecule has 0 saturated carbocycles. The fourth-order valence-corrected chi connectivity index (χ4v) is 6.75. The van der Waals surface area contributed by atoms with Crippen molar-refractivity contribution in [2.24, 2.45) is 0 Å². The predicted molar refractivity (Wildman–Crippen MR) is 190 cm³/mol. The minimum Gasteiger partial charge on any atom is -0.308 e. The molecule has 0 spiro atoms. The van der Waals surface area contributed by atoms with Gasteiger partial charge in [-0.2, -0.15) is 0 Å². The first kappa shape index (κ1) is 25.5. The van der Waals surface area contributed by atoms with Crippen LogP contribution in [0.5, 0.6) is 0 Å². The van der Waals surface area contributed by atoms with E-state index in [-0.39, 0.29) is 0 Å². The van der Waals surface area contributed by atoms with Crippen molar-refractivity contribution < 1.29 is 0 Å². The minimum absolute atomic E-state index is 1.07. The molecule has 2 heteroatoms. The first-order chi connectivity index (χ1) is 22.3. The lowest BCUT2D eigenvalue weighted by Gasteiger charge is -2.09. The lowest BCUT2D eigenvalue weighted by atomic mass is 9.95. The van der Waals surface area contributed by atoms with E-state index in [4.69, 9.17) is 0 Å². The molecule has 9 aromatic rings. The van der Waals surface area contributed by atoms with Crippen LogP contribution >= 0.6 is 0 Å². The van der Waals surface area contributed by atoms with Crippen molar-refractivity contribution in [1.82, 2.24) is 9.55 Å². The lowest BCUT2D eigenvalue weighted by Crippen LogP contribution is -1.93. The van der Waals surface area contributed by atoms with Gasteiger partial charge in [-0.05, 0) is 103 Å². The Kier molecular flexibility index (Phi) is 5.85. The molecule has 0 radical (unpaired) electrons. The number of para-hydroxylation sites is 1. The van der Waals surface area contributed by atoms with Gasteiger partial charge in [0.25, 0.3) is 0 Å². The molecule has 210 valence electrons. The highest BCUT2D eigenvalue weighted by molar-refractivity contribution is 6.10. The molecular weight excluding hydrogens is 544 g/mol. The molecule has 0 aliphatic carbocycles. The normalized spacial score (nSPS) is 11.6. The van der Waals surface area contributed by atoms with Crippen molar-refractivity contribution in [2.75, 3.05) is 0 Å². The Bertz CT molecular complexity index is 2520. The number of benzene rings is 7. The monoisotopic (exact) mass is 572 g/mol. The molecule has 0 amide bonds. The number of pyridine rings is 1. The molecule has 2 aromatic heterocycles. The topological polar surface area (TPSA) is 17.8 Å². The third kappa shape index (κ3) is 4.39. The van der Waals surface area contributed by atoms with E-state index in [1.165, 1.54) is 76.7 Å². The van der Waals surface area contributed by atoms with Crippen LogP contribution in [0, 0.1) is 0 Å². The summed E-state index contributed by atoms with van der Waals surface area (Å²) in [4.78, 5) is 4.37. The molecule has 0 aliphatic heterocycles. The van der Waals surface area contributed by atoms with Crippen LogP contribution in [-0.4, -0.2) is 9.55 Å². The van der Waals surface area contributed by atoms with Crippen LogP contribution < -0.4 is 0 Å². The Morgan fingerprint density at radius 1 is 0.356 bits per heavy atom. The number of fused-ring (bicyclic) bond motifs is 5. The molecule has 0 saturated heterocycles. The second-order valence-electron chi connectivity index (χ2n) is 11.7. The van der Waals surface area contributed by atoms with Crippen LogP contribution in [0.15, 0.2) is 170 Å². The SMILES string of the molecule is c1cncc(-n2c3ccccc3c3cc(-c4ccc(-c5ccc6cc(-c7ccc8ccccc8c7)ccc6c5)cc4)ccc32)c1. The largest absolute Gasteiger partial charge is 0.308 e. The standard InChI is InChI=1S/C43H28N2/c1-2-7-32-24-34(16-15-29(32)6-1)37-20-19-35-25-33(17-18-36(35)26-37)30-11-13-31(14-12-30)38-21-22-43-41(27-38)40-9-3-4-10-42(40)45(43)39-8-5-23-44-28-39/h1-28H. The van der Waals surface area contributed by atoms with Gasteiger partial charge in [-0.15, -0.1) is 0 Å². The summed E-state index contributed by atoms with van der Waals surface area (Å²) in [5, 5.41) is 7.52. The molecule has 0 N–H and O–H groups in total. The lowest BCUT2D eigenvalue weighted by molar-refractivity contribution is 1.14. The van der Waals surface area contributed by atoms with Crippen LogP contribution in [0.1, 0.15) is 0 Å². The fourth-order valence-electron chi connectivity index (χ4n) is 6.75. The van der Waals surface area contributed by atoms with Gasteiger partial charge in [0, 0.05) is 17.0 Å². The van der Waals surface area contributed by atoms with Crippen molar-refractivity contribution in [3.8, 4) is 39.1 Å². The first-order valence-corrected chi connectivity index (χ1v) is 15.4. The number of hydrogen-bond donors (Lipinski definition) is 0. The maximum absolute atomic E-state index is 4.37. The molecule has 7 aromatic carbocycles. The Hall–Kier alpha value is -5.99.